The molecule has 0 aliphatic carbocycles. The van der Waals surface area contributed by atoms with Crippen molar-refractivity contribution in [1.82, 2.24) is 15.0 Å². The number of hydrogen-bond acceptors (Lipinski definition) is 5. The normalized spacial score (nSPS) is 19.4. The molecule has 0 spiro atoms. The lowest BCUT2D eigenvalue weighted by Gasteiger charge is -2.32. The molecule has 22 heavy (non-hydrogen) atoms. The van der Waals surface area contributed by atoms with Crippen molar-refractivity contribution in [1.29, 1.82) is 0 Å². The van der Waals surface area contributed by atoms with Gasteiger partial charge in [0.05, 0.1) is 24.0 Å². The fraction of sp³-hybridized carbons (Fsp3) is 0.467. The predicted molar refractivity (Wildman–Crippen MR) is 83.6 cm³/mol. The maximum Gasteiger partial charge on any atom is 0.494 e. The second-order valence-corrected chi connectivity index (χ2v) is 6.36. The zero-order chi connectivity index (χ0) is 16.0. The van der Waals surface area contributed by atoms with Crippen LogP contribution in [-0.2, 0) is 9.31 Å². The average Bonchev–Trinajstić information content (AvgIpc) is 3.02. The first-order chi connectivity index (χ1) is 10.3. The number of aromatic nitrogens is 3. The van der Waals surface area contributed by atoms with Gasteiger partial charge in [-0.3, -0.25) is 0 Å². The van der Waals surface area contributed by atoms with E-state index in [1.54, 1.807) is 13.3 Å². The Kier molecular flexibility index (Phi) is 3.49. The Morgan fingerprint density at radius 1 is 1.05 bits per heavy atom. The van der Waals surface area contributed by atoms with Crippen molar-refractivity contribution < 1.29 is 14.0 Å². The molecule has 0 unspecified atom stereocenters. The molecule has 0 N–H and O–H groups in total. The molecule has 0 saturated carbocycles. The third kappa shape index (κ3) is 2.50. The molecule has 1 fully saturated rings. The molecule has 1 aliphatic rings. The van der Waals surface area contributed by atoms with Crippen LogP contribution in [0, 0.1) is 0 Å². The molecule has 2 aromatic rings. The van der Waals surface area contributed by atoms with Gasteiger partial charge in [-0.25, -0.2) is 0 Å². The summed E-state index contributed by atoms with van der Waals surface area (Å²) in [5.41, 5.74) is 1.14. The van der Waals surface area contributed by atoms with Gasteiger partial charge >= 0.3 is 7.12 Å². The summed E-state index contributed by atoms with van der Waals surface area (Å²) in [6, 6.07) is 7.79. The van der Waals surface area contributed by atoms with Gasteiger partial charge in [-0.2, -0.15) is 5.10 Å². The first-order valence-corrected chi connectivity index (χ1v) is 7.25. The van der Waals surface area contributed by atoms with Gasteiger partial charge in [0, 0.05) is 0 Å². The zero-order valence-electron chi connectivity index (χ0n) is 13.5. The first-order valence-electron chi connectivity index (χ1n) is 7.25. The average molecular weight is 301 g/mol. The van der Waals surface area contributed by atoms with Gasteiger partial charge in [-0.15, -0.1) is 9.90 Å². The van der Waals surface area contributed by atoms with Crippen LogP contribution in [0.2, 0.25) is 0 Å². The molecule has 1 aromatic heterocycles. The molecule has 0 atom stereocenters. The number of methoxy groups -OCH3 is 1. The van der Waals surface area contributed by atoms with E-state index < -0.39 is 0 Å². The third-order valence-corrected chi connectivity index (χ3v) is 4.33. The Bertz CT molecular complexity index is 651. The van der Waals surface area contributed by atoms with Crippen molar-refractivity contribution in [3.05, 3.63) is 30.5 Å². The SMILES string of the molecule is COc1cnn(-c2ccc(B3OC(C)(C)C(C)(C)O3)cc2)n1. The van der Waals surface area contributed by atoms with Crippen LogP contribution in [0.1, 0.15) is 27.7 Å². The van der Waals surface area contributed by atoms with Gasteiger partial charge in [0.2, 0.25) is 0 Å². The molecule has 1 aromatic carbocycles. The quantitative estimate of drug-likeness (QED) is 0.806. The summed E-state index contributed by atoms with van der Waals surface area (Å²) in [5.74, 6) is 0.482. The van der Waals surface area contributed by atoms with E-state index in [1.165, 1.54) is 4.80 Å². The van der Waals surface area contributed by atoms with Gasteiger partial charge in [0.15, 0.2) is 0 Å². The zero-order valence-corrected chi connectivity index (χ0v) is 13.5. The second-order valence-electron chi connectivity index (χ2n) is 6.36. The topological polar surface area (TPSA) is 58.4 Å². The molecule has 1 aliphatic heterocycles. The lowest BCUT2D eigenvalue weighted by molar-refractivity contribution is 0.00578. The summed E-state index contributed by atoms with van der Waals surface area (Å²) in [4.78, 5) is 1.52. The molecule has 0 radical (unpaired) electrons. The summed E-state index contributed by atoms with van der Waals surface area (Å²) in [6.45, 7) is 8.17. The van der Waals surface area contributed by atoms with Gasteiger partial charge in [0.1, 0.15) is 6.20 Å². The van der Waals surface area contributed by atoms with Crippen molar-refractivity contribution in [3.63, 3.8) is 0 Å². The third-order valence-electron chi connectivity index (χ3n) is 4.33. The molecule has 0 amide bonds. The Morgan fingerprint density at radius 2 is 1.64 bits per heavy atom. The van der Waals surface area contributed by atoms with Crippen LogP contribution in [0.4, 0.5) is 0 Å². The van der Waals surface area contributed by atoms with E-state index in [2.05, 4.69) is 10.2 Å². The van der Waals surface area contributed by atoms with E-state index in [-0.39, 0.29) is 18.3 Å². The summed E-state index contributed by atoms with van der Waals surface area (Å²) in [6.07, 6.45) is 1.57. The van der Waals surface area contributed by atoms with E-state index in [1.807, 2.05) is 52.0 Å². The van der Waals surface area contributed by atoms with Crippen LogP contribution in [0.3, 0.4) is 0 Å². The minimum absolute atomic E-state index is 0.340. The highest BCUT2D eigenvalue weighted by Gasteiger charge is 2.51. The largest absolute Gasteiger partial charge is 0.494 e. The minimum Gasteiger partial charge on any atom is -0.479 e. The van der Waals surface area contributed by atoms with Crippen LogP contribution in [0.5, 0.6) is 5.88 Å². The van der Waals surface area contributed by atoms with Crippen LogP contribution < -0.4 is 10.2 Å². The highest BCUT2D eigenvalue weighted by molar-refractivity contribution is 6.62. The van der Waals surface area contributed by atoms with Crippen molar-refractivity contribution in [2.24, 2.45) is 0 Å². The predicted octanol–water partition coefficient (Wildman–Crippen LogP) is 1.58. The Labute approximate surface area is 130 Å². The summed E-state index contributed by atoms with van der Waals surface area (Å²) >= 11 is 0. The molecular formula is C15H20BN3O3. The summed E-state index contributed by atoms with van der Waals surface area (Å²) in [7, 11) is 1.20. The smallest absolute Gasteiger partial charge is 0.479 e. The standard InChI is InChI=1S/C15H20BN3O3/c1-14(2)15(3,4)22-16(21-14)11-6-8-12(9-7-11)19-17-10-13(18-19)20-5/h6-10H,1-5H3. The number of rotatable bonds is 3. The number of ether oxygens (including phenoxy) is 1. The second kappa shape index (κ2) is 5.10. The van der Waals surface area contributed by atoms with Gasteiger partial charge in [-0.1, -0.05) is 12.1 Å². The number of benzene rings is 1. The highest BCUT2D eigenvalue weighted by atomic mass is 16.7. The molecule has 2 heterocycles. The Hall–Kier alpha value is -1.86. The molecule has 7 heteroatoms. The van der Waals surface area contributed by atoms with Gasteiger partial charge < -0.3 is 14.0 Å². The maximum absolute atomic E-state index is 6.04. The number of nitrogens with zero attached hydrogens (tertiary/aromatic N) is 3. The van der Waals surface area contributed by atoms with E-state index in [0.717, 1.165) is 11.2 Å². The Balaban J connectivity index is 1.81. The fourth-order valence-electron chi connectivity index (χ4n) is 2.21. The summed E-state index contributed by atoms with van der Waals surface area (Å²) < 4.78 is 17.1. The lowest BCUT2D eigenvalue weighted by atomic mass is 9.79. The van der Waals surface area contributed by atoms with Crippen LogP contribution >= 0.6 is 0 Å². The number of hydrogen-bond donors (Lipinski definition) is 0. The molecule has 116 valence electrons. The van der Waals surface area contributed by atoms with Crippen LogP contribution in [0.15, 0.2) is 30.5 Å². The molecule has 0 bridgehead atoms. The molecule has 6 nitrogen and oxygen atoms in total. The molecule has 3 rings (SSSR count). The van der Waals surface area contributed by atoms with Gasteiger partial charge in [-0.05, 0) is 45.3 Å². The van der Waals surface area contributed by atoms with E-state index in [4.69, 9.17) is 14.0 Å². The molecular weight excluding hydrogens is 281 g/mol. The Morgan fingerprint density at radius 3 is 2.14 bits per heavy atom. The van der Waals surface area contributed by atoms with Crippen LogP contribution in [-0.4, -0.2) is 40.4 Å². The van der Waals surface area contributed by atoms with Crippen molar-refractivity contribution >= 4 is 12.6 Å². The van der Waals surface area contributed by atoms with E-state index in [0.29, 0.717) is 5.88 Å². The van der Waals surface area contributed by atoms with E-state index >= 15 is 0 Å². The molecule has 1 saturated heterocycles. The van der Waals surface area contributed by atoms with Crippen molar-refractivity contribution in [2.45, 2.75) is 38.9 Å². The van der Waals surface area contributed by atoms with Gasteiger partial charge in [0.25, 0.3) is 5.88 Å². The highest BCUT2D eigenvalue weighted by Crippen LogP contribution is 2.36. The summed E-state index contributed by atoms with van der Waals surface area (Å²) in [5, 5.41) is 8.34. The van der Waals surface area contributed by atoms with Crippen LogP contribution in [0.25, 0.3) is 5.69 Å². The maximum atomic E-state index is 6.04. The van der Waals surface area contributed by atoms with Crippen molar-refractivity contribution in [2.75, 3.05) is 7.11 Å². The monoisotopic (exact) mass is 301 g/mol. The minimum atomic E-state index is -0.362. The van der Waals surface area contributed by atoms with E-state index in [9.17, 15) is 0 Å². The fourth-order valence-corrected chi connectivity index (χ4v) is 2.21. The lowest BCUT2D eigenvalue weighted by Crippen LogP contribution is -2.41. The first kappa shape index (κ1) is 15.1. The van der Waals surface area contributed by atoms with Crippen molar-refractivity contribution in [3.8, 4) is 11.6 Å².